The van der Waals surface area contributed by atoms with Crippen molar-refractivity contribution in [2.24, 2.45) is 0 Å². The van der Waals surface area contributed by atoms with Crippen LogP contribution in [0.25, 0.3) is 10.9 Å². The molecule has 0 saturated carbocycles. The van der Waals surface area contributed by atoms with Gasteiger partial charge in [-0.25, -0.2) is 4.98 Å². The van der Waals surface area contributed by atoms with E-state index in [-0.39, 0.29) is 5.59 Å². The SMILES string of the molecule is Cc1cc2cc(CN3C4CC3CN(c3cnc(B(O)O)cn3)C4)ccc2[nH]1. The van der Waals surface area contributed by atoms with Crippen LogP contribution in [0.4, 0.5) is 5.82 Å². The van der Waals surface area contributed by atoms with Crippen LogP contribution in [0.15, 0.2) is 36.7 Å². The third-order valence-electron chi connectivity index (χ3n) is 5.78. The molecule has 0 radical (unpaired) electrons. The van der Waals surface area contributed by atoms with Crippen LogP contribution in [0.1, 0.15) is 17.7 Å². The first kappa shape index (κ1) is 16.7. The second-order valence-corrected chi connectivity index (χ2v) is 7.67. The van der Waals surface area contributed by atoms with E-state index in [9.17, 15) is 0 Å². The minimum absolute atomic E-state index is 0.179. The van der Waals surface area contributed by atoms with Crippen LogP contribution in [0.3, 0.4) is 0 Å². The highest BCUT2D eigenvalue weighted by atomic mass is 16.4. The number of piperazine rings is 1. The number of benzene rings is 1. The smallest absolute Gasteiger partial charge is 0.422 e. The third kappa shape index (κ3) is 2.99. The molecule has 3 fully saturated rings. The summed E-state index contributed by atoms with van der Waals surface area (Å²) in [6.45, 7) is 4.92. The van der Waals surface area contributed by atoms with E-state index in [1.807, 2.05) is 0 Å². The summed E-state index contributed by atoms with van der Waals surface area (Å²) in [7, 11) is -1.57. The fourth-order valence-electron chi connectivity index (χ4n) is 4.40. The molecule has 6 rings (SSSR count). The number of hydrogen-bond donors (Lipinski definition) is 3. The molecule has 138 valence electrons. The van der Waals surface area contributed by atoms with Crippen molar-refractivity contribution in [3.8, 4) is 0 Å². The second kappa shape index (κ2) is 6.33. The number of H-pyrrole nitrogens is 1. The molecule has 5 heterocycles. The lowest BCUT2D eigenvalue weighted by molar-refractivity contribution is -0.00867. The van der Waals surface area contributed by atoms with Crippen LogP contribution >= 0.6 is 0 Å². The highest BCUT2D eigenvalue weighted by molar-refractivity contribution is 6.57. The average Bonchev–Trinajstić information content (AvgIpc) is 3.05. The maximum absolute atomic E-state index is 9.15. The van der Waals surface area contributed by atoms with Crippen molar-refractivity contribution >= 4 is 29.4 Å². The van der Waals surface area contributed by atoms with Crippen LogP contribution in [-0.2, 0) is 6.54 Å². The van der Waals surface area contributed by atoms with Gasteiger partial charge in [-0.3, -0.25) is 9.88 Å². The van der Waals surface area contributed by atoms with Gasteiger partial charge in [-0.2, -0.15) is 0 Å². The minimum atomic E-state index is -1.57. The summed E-state index contributed by atoms with van der Waals surface area (Å²) >= 11 is 0. The summed E-state index contributed by atoms with van der Waals surface area (Å²) < 4.78 is 0. The molecule has 1 aromatic carbocycles. The van der Waals surface area contributed by atoms with E-state index in [0.29, 0.717) is 12.1 Å². The molecule has 3 aromatic rings. The van der Waals surface area contributed by atoms with Crippen LogP contribution in [0.5, 0.6) is 0 Å². The number of rotatable bonds is 4. The van der Waals surface area contributed by atoms with E-state index in [1.165, 1.54) is 34.8 Å². The molecule has 3 N–H and O–H groups in total. The average molecular weight is 363 g/mol. The van der Waals surface area contributed by atoms with Gasteiger partial charge in [0.25, 0.3) is 0 Å². The minimum Gasteiger partial charge on any atom is -0.422 e. The highest BCUT2D eigenvalue weighted by Crippen LogP contribution is 2.35. The predicted molar refractivity (Wildman–Crippen MR) is 105 cm³/mol. The molecule has 2 unspecified atom stereocenters. The van der Waals surface area contributed by atoms with E-state index in [4.69, 9.17) is 10.0 Å². The van der Waals surface area contributed by atoms with Crippen LogP contribution < -0.4 is 10.5 Å². The molecule has 3 saturated heterocycles. The summed E-state index contributed by atoms with van der Waals surface area (Å²) in [5.41, 5.74) is 3.92. The lowest BCUT2D eigenvalue weighted by atomic mass is 9.86. The zero-order valence-electron chi connectivity index (χ0n) is 15.2. The summed E-state index contributed by atoms with van der Waals surface area (Å²) in [5, 5.41) is 19.6. The van der Waals surface area contributed by atoms with Gasteiger partial charge in [0.1, 0.15) is 5.82 Å². The second-order valence-electron chi connectivity index (χ2n) is 7.67. The Morgan fingerprint density at radius 2 is 1.96 bits per heavy atom. The van der Waals surface area contributed by atoms with E-state index in [1.54, 1.807) is 6.20 Å². The topological polar surface area (TPSA) is 88.5 Å². The Kier molecular flexibility index (Phi) is 3.93. The number of fused-ring (bicyclic) bond motifs is 3. The molecule has 2 bridgehead atoms. The molecule has 7 nitrogen and oxygen atoms in total. The molecular weight excluding hydrogens is 341 g/mol. The lowest BCUT2D eigenvalue weighted by Gasteiger charge is -2.56. The Morgan fingerprint density at radius 1 is 1.15 bits per heavy atom. The van der Waals surface area contributed by atoms with Gasteiger partial charge in [0, 0.05) is 49.1 Å². The van der Waals surface area contributed by atoms with Gasteiger partial charge in [-0.05, 0) is 42.5 Å². The first-order valence-electron chi connectivity index (χ1n) is 9.34. The van der Waals surface area contributed by atoms with Gasteiger partial charge in [0.05, 0.1) is 11.8 Å². The normalized spacial score (nSPS) is 22.1. The number of aromatic amines is 1. The largest absolute Gasteiger partial charge is 0.509 e. The van der Waals surface area contributed by atoms with E-state index in [2.05, 4.69) is 55.9 Å². The number of nitrogens with one attached hydrogen (secondary N) is 1. The molecule has 8 heteroatoms. The van der Waals surface area contributed by atoms with Crippen molar-refractivity contribution in [1.82, 2.24) is 19.9 Å². The fourth-order valence-corrected chi connectivity index (χ4v) is 4.40. The Hall–Kier alpha value is -2.42. The highest BCUT2D eigenvalue weighted by Gasteiger charge is 2.44. The van der Waals surface area contributed by atoms with E-state index in [0.717, 1.165) is 25.5 Å². The van der Waals surface area contributed by atoms with E-state index >= 15 is 0 Å². The standard InChI is InChI=1S/C19H22BN5O2/c1-12-4-14-5-13(2-3-17(14)23-12)9-25-15-6-16(25)11-24(10-15)19-8-21-18(7-22-19)20(26)27/h2-5,7-8,15-16,23,26-27H,6,9-11H2,1H3. The van der Waals surface area contributed by atoms with Crippen LogP contribution in [-0.4, -0.2) is 62.2 Å². The van der Waals surface area contributed by atoms with Gasteiger partial charge in [-0.1, -0.05) is 6.07 Å². The number of piperidine rings is 1. The Balaban J connectivity index is 1.27. The summed E-state index contributed by atoms with van der Waals surface area (Å²) in [6, 6.07) is 9.92. The Labute approximate surface area is 157 Å². The fraction of sp³-hybridized carbons (Fsp3) is 0.368. The molecule has 0 aliphatic carbocycles. The van der Waals surface area contributed by atoms with Crippen molar-refractivity contribution in [3.05, 3.63) is 47.9 Å². The molecule has 3 aliphatic heterocycles. The Morgan fingerprint density at radius 3 is 2.67 bits per heavy atom. The quantitative estimate of drug-likeness (QED) is 0.582. The van der Waals surface area contributed by atoms with Gasteiger partial charge in [0.15, 0.2) is 0 Å². The van der Waals surface area contributed by atoms with Crippen molar-refractivity contribution in [2.75, 3.05) is 18.0 Å². The zero-order valence-corrected chi connectivity index (χ0v) is 15.2. The van der Waals surface area contributed by atoms with Crippen LogP contribution in [0, 0.1) is 6.92 Å². The van der Waals surface area contributed by atoms with Crippen molar-refractivity contribution in [3.63, 3.8) is 0 Å². The first-order valence-corrected chi connectivity index (χ1v) is 9.34. The first-order chi connectivity index (χ1) is 13.1. The molecule has 0 spiro atoms. The third-order valence-corrected chi connectivity index (χ3v) is 5.78. The lowest BCUT2D eigenvalue weighted by Crippen LogP contribution is -2.68. The monoisotopic (exact) mass is 363 g/mol. The number of hydrogen-bond acceptors (Lipinski definition) is 6. The van der Waals surface area contributed by atoms with Gasteiger partial charge in [0.2, 0.25) is 0 Å². The summed E-state index contributed by atoms with van der Waals surface area (Å²) in [6.07, 6.45) is 4.29. The van der Waals surface area contributed by atoms with E-state index < -0.39 is 7.12 Å². The summed E-state index contributed by atoms with van der Waals surface area (Å²) in [5.74, 6) is 0.804. The zero-order chi connectivity index (χ0) is 18.5. The molecule has 0 amide bonds. The van der Waals surface area contributed by atoms with Crippen molar-refractivity contribution in [1.29, 1.82) is 0 Å². The maximum Gasteiger partial charge on any atom is 0.509 e. The maximum atomic E-state index is 9.15. The molecule has 27 heavy (non-hydrogen) atoms. The van der Waals surface area contributed by atoms with Gasteiger partial charge < -0.3 is 19.9 Å². The number of aromatic nitrogens is 3. The Bertz CT molecular complexity index is 962. The molecule has 2 atom stereocenters. The number of anilines is 1. The molecular formula is C19H22BN5O2. The predicted octanol–water partition coefficient (Wildman–Crippen LogP) is 0.409. The molecule has 2 aromatic heterocycles. The summed E-state index contributed by atoms with van der Waals surface area (Å²) in [4.78, 5) is 16.6. The van der Waals surface area contributed by atoms with Gasteiger partial charge in [-0.15, -0.1) is 0 Å². The van der Waals surface area contributed by atoms with Crippen LogP contribution in [0.2, 0.25) is 0 Å². The van der Waals surface area contributed by atoms with Crippen molar-refractivity contribution < 1.29 is 10.0 Å². The number of nitrogens with zero attached hydrogens (tertiary/aromatic N) is 4. The number of aryl methyl sites for hydroxylation is 1. The van der Waals surface area contributed by atoms with Crippen molar-refractivity contribution in [2.45, 2.75) is 32.0 Å². The van der Waals surface area contributed by atoms with Gasteiger partial charge >= 0.3 is 7.12 Å². The molecule has 3 aliphatic rings.